The minimum atomic E-state index is 0.735. The van der Waals surface area contributed by atoms with Crippen LogP contribution in [0.3, 0.4) is 0 Å². The standard InChI is InChI=1S/C14H20N.C8H10.C2H4O.C2H6.C2H5/c1-12-6-2-3-7-13(12)9-10-14-8-4-5-11-15-14;1-7-3-5-8(2)6-4-7;1-2-3;2*1-2/h2-3,6-7,14-15H,1,4-5,8-11H2;3-6H,1-2H3;2H,1H3;1-2H3;1H2,2H3. The number of hydrogen-bond acceptors (Lipinski definition) is 2. The number of benzene rings is 2. The van der Waals surface area contributed by atoms with E-state index in [0.717, 1.165) is 18.7 Å². The number of piperidine rings is 1. The minimum absolute atomic E-state index is 0.735. The van der Waals surface area contributed by atoms with Gasteiger partial charge in [-0.05, 0) is 71.0 Å². The number of carbonyl (C=O) groups excluding carboxylic acids is 1. The Morgan fingerprint density at radius 2 is 1.47 bits per heavy atom. The summed E-state index contributed by atoms with van der Waals surface area (Å²) in [4.78, 5) is 8.81. The average Bonchev–Trinajstić information content (AvgIpc) is 2.80. The summed E-state index contributed by atoms with van der Waals surface area (Å²) in [6.07, 6.45) is 7.26. The number of carbonyl (C=O) groups is 1. The third kappa shape index (κ3) is 15.9. The monoisotopic (exact) mass is 411 g/mol. The van der Waals surface area contributed by atoms with Crippen LogP contribution in [-0.2, 0) is 11.2 Å². The Balaban J connectivity index is 0. The highest BCUT2D eigenvalue weighted by molar-refractivity contribution is 5.44. The quantitative estimate of drug-likeness (QED) is 0.536. The molecule has 30 heavy (non-hydrogen) atoms. The summed E-state index contributed by atoms with van der Waals surface area (Å²) in [7, 11) is 0. The molecule has 0 aromatic heterocycles. The third-order valence-corrected chi connectivity index (χ3v) is 4.51. The first-order chi connectivity index (χ1) is 14.6. The predicted octanol–water partition coefficient (Wildman–Crippen LogP) is 7.32. The number of nitrogens with one attached hydrogen (secondary N) is 1. The first-order valence-electron chi connectivity index (χ1n) is 11.3. The lowest BCUT2D eigenvalue weighted by atomic mass is 9.96. The molecule has 0 bridgehead atoms. The van der Waals surface area contributed by atoms with Crippen molar-refractivity contribution in [2.75, 3.05) is 6.54 Å². The molecule has 2 aromatic carbocycles. The molecule has 1 aliphatic rings. The van der Waals surface area contributed by atoms with E-state index in [-0.39, 0.29) is 0 Å². The van der Waals surface area contributed by atoms with Gasteiger partial charge in [-0.3, -0.25) is 0 Å². The maximum absolute atomic E-state index is 8.81. The number of aldehydes is 1. The van der Waals surface area contributed by atoms with Crippen molar-refractivity contribution in [2.24, 2.45) is 0 Å². The first-order valence-corrected chi connectivity index (χ1v) is 11.3. The lowest BCUT2D eigenvalue weighted by molar-refractivity contribution is -0.106. The Morgan fingerprint density at radius 3 is 1.90 bits per heavy atom. The first kappa shape index (κ1) is 30.3. The predicted molar refractivity (Wildman–Crippen MR) is 135 cm³/mol. The second kappa shape index (κ2) is 21.8. The largest absolute Gasteiger partial charge is 0.314 e. The van der Waals surface area contributed by atoms with Crippen molar-refractivity contribution in [3.8, 4) is 0 Å². The Bertz CT molecular complexity index is 592. The second-order valence-corrected chi connectivity index (χ2v) is 6.84. The maximum atomic E-state index is 8.81. The van der Waals surface area contributed by atoms with E-state index in [1.807, 2.05) is 13.8 Å². The fourth-order valence-corrected chi connectivity index (χ4v) is 2.94. The number of rotatable bonds is 3. The molecule has 0 amide bonds. The fraction of sp³-hybridized carbons (Fsp3) is 0.464. The Labute approximate surface area is 187 Å². The van der Waals surface area contributed by atoms with Crippen LogP contribution in [0.25, 0.3) is 0 Å². The van der Waals surface area contributed by atoms with Gasteiger partial charge in [0.2, 0.25) is 0 Å². The lowest BCUT2D eigenvalue weighted by Crippen LogP contribution is -2.34. The van der Waals surface area contributed by atoms with Gasteiger partial charge in [-0.2, -0.15) is 0 Å². The Hall–Kier alpha value is -1.93. The summed E-state index contributed by atoms with van der Waals surface area (Å²) < 4.78 is 0. The molecule has 1 heterocycles. The summed E-state index contributed by atoms with van der Waals surface area (Å²) in [5.41, 5.74) is 5.25. The summed E-state index contributed by atoms with van der Waals surface area (Å²) in [5, 5.41) is 3.59. The van der Waals surface area contributed by atoms with Crippen LogP contribution < -0.4 is 5.32 Å². The Kier molecular flexibility index (Phi) is 22.0. The Morgan fingerprint density at radius 1 is 0.967 bits per heavy atom. The number of hydrogen-bond donors (Lipinski definition) is 1. The van der Waals surface area contributed by atoms with Crippen molar-refractivity contribution >= 4 is 6.29 Å². The molecule has 0 aliphatic carbocycles. The van der Waals surface area contributed by atoms with Crippen LogP contribution in [0.15, 0.2) is 48.5 Å². The van der Waals surface area contributed by atoms with Gasteiger partial charge in [-0.15, -0.1) is 0 Å². The SMILES string of the molecule is CC.CC=O.Cc1ccc(C)cc1.[CH2]C.[CH2]c1ccccc1CCC1CCCCN1. The van der Waals surface area contributed by atoms with Crippen LogP contribution in [0, 0.1) is 27.7 Å². The fourth-order valence-electron chi connectivity index (χ4n) is 2.94. The molecule has 1 saturated heterocycles. The zero-order valence-electron chi connectivity index (χ0n) is 20.3. The molecule has 1 aliphatic heterocycles. The van der Waals surface area contributed by atoms with E-state index < -0.39 is 0 Å². The maximum Gasteiger partial charge on any atom is 0.116 e. The molecule has 0 saturated carbocycles. The number of aryl methyl sites for hydroxylation is 3. The van der Waals surface area contributed by atoms with E-state index in [0.29, 0.717) is 0 Å². The zero-order chi connectivity index (χ0) is 23.2. The van der Waals surface area contributed by atoms with Gasteiger partial charge in [0.15, 0.2) is 0 Å². The molecule has 2 nitrogen and oxygen atoms in total. The topological polar surface area (TPSA) is 29.1 Å². The van der Waals surface area contributed by atoms with E-state index in [4.69, 9.17) is 4.79 Å². The van der Waals surface area contributed by atoms with Crippen molar-refractivity contribution in [2.45, 2.75) is 79.7 Å². The molecular formula is C28H45NO. The van der Waals surface area contributed by atoms with Gasteiger partial charge in [0.25, 0.3) is 0 Å². The van der Waals surface area contributed by atoms with Crippen molar-refractivity contribution in [1.29, 1.82) is 0 Å². The molecule has 1 unspecified atom stereocenters. The summed E-state index contributed by atoms with van der Waals surface area (Å²) >= 11 is 0. The van der Waals surface area contributed by atoms with Gasteiger partial charge >= 0.3 is 0 Å². The van der Waals surface area contributed by atoms with Crippen LogP contribution in [0.4, 0.5) is 0 Å². The molecule has 2 radical (unpaired) electrons. The molecule has 0 spiro atoms. The van der Waals surface area contributed by atoms with Crippen LogP contribution in [-0.4, -0.2) is 18.9 Å². The molecule has 1 fully saturated rings. The second-order valence-electron chi connectivity index (χ2n) is 6.84. The van der Waals surface area contributed by atoms with Gasteiger partial charge in [-0.1, -0.05) is 93.8 Å². The van der Waals surface area contributed by atoms with Crippen LogP contribution in [0.2, 0.25) is 0 Å². The molecule has 1 N–H and O–H groups in total. The van der Waals surface area contributed by atoms with Crippen molar-refractivity contribution in [3.05, 3.63) is 84.6 Å². The van der Waals surface area contributed by atoms with Gasteiger partial charge in [0.05, 0.1) is 0 Å². The van der Waals surface area contributed by atoms with E-state index in [2.05, 4.69) is 81.5 Å². The smallest absolute Gasteiger partial charge is 0.116 e. The van der Waals surface area contributed by atoms with Crippen LogP contribution in [0.5, 0.6) is 0 Å². The van der Waals surface area contributed by atoms with E-state index in [1.54, 1.807) is 6.92 Å². The third-order valence-electron chi connectivity index (χ3n) is 4.51. The summed E-state index contributed by atoms with van der Waals surface area (Å²) in [5.74, 6) is 0. The molecule has 2 aromatic rings. The minimum Gasteiger partial charge on any atom is -0.314 e. The highest BCUT2D eigenvalue weighted by Gasteiger charge is 2.12. The van der Waals surface area contributed by atoms with Gasteiger partial charge in [0.1, 0.15) is 6.29 Å². The van der Waals surface area contributed by atoms with E-state index in [9.17, 15) is 0 Å². The summed E-state index contributed by atoms with van der Waals surface area (Å²) in [6.45, 7) is 19.9. The highest BCUT2D eigenvalue weighted by Crippen LogP contribution is 2.15. The molecule has 168 valence electrons. The lowest BCUT2D eigenvalue weighted by Gasteiger charge is -2.23. The van der Waals surface area contributed by atoms with Crippen molar-refractivity contribution in [1.82, 2.24) is 5.32 Å². The van der Waals surface area contributed by atoms with Gasteiger partial charge < -0.3 is 10.1 Å². The van der Waals surface area contributed by atoms with E-state index in [1.165, 1.54) is 61.4 Å². The highest BCUT2D eigenvalue weighted by atomic mass is 16.1. The average molecular weight is 412 g/mol. The molecular weight excluding hydrogens is 366 g/mol. The van der Waals surface area contributed by atoms with Crippen molar-refractivity contribution < 1.29 is 4.79 Å². The molecule has 3 rings (SSSR count). The normalized spacial score (nSPS) is 14.1. The van der Waals surface area contributed by atoms with Crippen LogP contribution >= 0.6 is 0 Å². The molecule has 1 atom stereocenters. The van der Waals surface area contributed by atoms with Gasteiger partial charge in [0, 0.05) is 6.04 Å². The zero-order valence-corrected chi connectivity index (χ0v) is 20.3. The molecule has 2 heteroatoms. The van der Waals surface area contributed by atoms with Crippen molar-refractivity contribution in [3.63, 3.8) is 0 Å². The van der Waals surface area contributed by atoms with Gasteiger partial charge in [-0.25, -0.2) is 0 Å². The summed E-state index contributed by atoms with van der Waals surface area (Å²) in [6, 6.07) is 17.7. The van der Waals surface area contributed by atoms with E-state index >= 15 is 0 Å². The van der Waals surface area contributed by atoms with Crippen LogP contribution in [0.1, 0.15) is 75.6 Å².